The molecule has 0 fully saturated rings. The Morgan fingerprint density at radius 2 is 1.50 bits per heavy atom. The Hall–Kier alpha value is -1.83. The second-order valence-corrected chi connectivity index (χ2v) is 4.61. The van der Waals surface area contributed by atoms with Crippen LogP contribution >= 0.6 is 0 Å². The average Bonchev–Trinajstić information content (AvgIpc) is 2.42. The fourth-order valence-electron chi connectivity index (χ4n) is 2.08. The zero-order chi connectivity index (χ0) is 12.6. The van der Waals surface area contributed by atoms with Gasteiger partial charge in [0.1, 0.15) is 0 Å². The van der Waals surface area contributed by atoms with Gasteiger partial charge in [-0.25, -0.2) is 0 Å². The molecular formula is C16H19NO. The largest absolute Gasteiger partial charge is 0.329 e. The number of rotatable bonds is 6. The molecule has 2 rings (SSSR count). The van der Waals surface area contributed by atoms with Gasteiger partial charge in [-0.2, -0.15) is 0 Å². The van der Waals surface area contributed by atoms with Crippen molar-refractivity contribution >= 4 is 0 Å². The predicted molar refractivity (Wildman–Crippen MR) is 74.8 cm³/mol. The number of hydrogen-bond acceptors (Lipinski definition) is 1. The zero-order valence-electron chi connectivity index (χ0n) is 10.6. The van der Waals surface area contributed by atoms with Crippen LogP contribution in [0.2, 0.25) is 0 Å². The predicted octanol–water partition coefficient (Wildman–Crippen LogP) is 3.33. The second-order valence-electron chi connectivity index (χ2n) is 4.61. The van der Waals surface area contributed by atoms with Gasteiger partial charge in [0.15, 0.2) is 0 Å². The summed E-state index contributed by atoms with van der Waals surface area (Å²) in [7, 11) is 0. The summed E-state index contributed by atoms with van der Waals surface area (Å²) >= 11 is 0. The van der Waals surface area contributed by atoms with E-state index in [9.17, 15) is 4.79 Å². The Morgan fingerprint density at radius 3 is 2.17 bits per heavy atom. The summed E-state index contributed by atoms with van der Waals surface area (Å²) in [6.45, 7) is 0. The number of aryl methyl sites for hydroxylation is 2. The molecule has 1 aromatic carbocycles. The number of H-pyrrole nitrogens is 1. The molecule has 0 saturated carbocycles. The van der Waals surface area contributed by atoms with Gasteiger partial charge in [-0.15, -0.1) is 0 Å². The normalized spacial score (nSPS) is 10.4. The molecule has 0 amide bonds. The number of hydrogen-bond donors (Lipinski definition) is 1. The van der Waals surface area contributed by atoms with Gasteiger partial charge >= 0.3 is 0 Å². The van der Waals surface area contributed by atoms with Crippen molar-refractivity contribution in [2.75, 3.05) is 0 Å². The molecule has 0 saturated heterocycles. The molecule has 0 unspecified atom stereocenters. The van der Waals surface area contributed by atoms with E-state index in [1.807, 2.05) is 12.3 Å². The van der Waals surface area contributed by atoms with Crippen LogP contribution in [-0.2, 0) is 12.8 Å². The van der Waals surface area contributed by atoms with Crippen LogP contribution in [0.1, 0.15) is 30.4 Å². The second kappa shape index (κ2) is 6.80. The summed E-state index contributed by atoms with van der Waals surface area (Å²) in [5.74, 6) is 0. The zero-order valence-corrected chi connectivity index (χ0v) is 10.6. The molecule has 0 atom stereocenters. The molecule has 1 aromatic heterocycles. The van der Waals surface area contributed by atoms with Crippen molar-refractivity contribution in [1.82, 2.24) is 4.98 Å². The Bertz CT molecular complexity index is 496. The van der Waals surface area contributed by atoms with Crippen molar-refractivity contribution in [2.24, 2.45) is 0 Å². The lowest BCUT2D eigenvalue weighted by Crippen LogP contribution is -2.02. The van der Waals surface area contributed by atoms with Crippen molar-refractivity contribution in [2.45, 2.75) is 32.1 Å². The van der Waals surface area contributed by atoms with Gasteiger partial charge in [0.05, 0.1) is 0 Å². The van der Waals surface area contributed by atoms with Gasteiger partial charge < -0.3 is 4.98 Å². The summed E-state index contributed by atoms with van der Waals surface area (Å²) in [5, 5.41) is 0. The van der Waals surface area contributed by atoms with E-state index >= 15 is 0 Å². The highest BCUT2D eigenvalue weighted by atomic mass is 16.1. The third-order valence-corrected chi connectivity index (χ3v) is 3.12. The SMILES string of the molecule is O=c1ccc(CCCCCc2ccccc2)c[nH]1. The molecule has 2 heteroatoms. The number of aromatic amines is 1. The minimum absolute atomic E-state index is 0.0252. The van der Waals surface area contributed by atoms with Crippen molar-refractivity contribution in [1.29, 1.82) is 0 Å². The minimum Gasteiger partial charge on any atom is -0.329 e. The average molecular weight is 241 g/mol. The van der Waals surface area contributed by atoms with E-state index in [0.29, 0.717) is 0 Å². The number of nitrogens with one attached hydrogen (secondary N) is 1. The van der Waals surface area contributed by atoms with Crippen LogP contribution < -0.4 is 5.56 Å². The van der Waals surface area contributed by atoms with Crippen LogP contribution in [0.15, 0.2) is 53.5 Å². The van der Waals surface area contributed by atoms with E-state index in [1.165, 1.54) is 30.4 Å². The first-order valence-corrected chi connectivity index (χ1v) is 6.56. The van der Waals surface area contributed by atoms with Gasteiger partial charge in [0, 0.05) is 12.3 Å². The van der Waals surface area contributed by atoms with E-state index in [-0.39, 0.29) is 5.56 Å². The fourth-order valence-corrected chi connectivity index (χ4v) is 2.08. The molecule has 0 radical (unpaired) electrons. The highest BCUT2D eigenvalue weighted by molar-refractivity contribution is 5.14. The lowest BCUT2D eigenvalue weighted by atomic mass is 10.0. The first-order chi connectivity index (χ1) is 8.84. The molecule has 0 aliphatic rings. The first kappa shape index (κ1) is 12.6. The molecule has 2 nitrogen and oxygen atoms in total. The third kappa shape index (κ3) is 4.21. The van der Waals surface area contributed by atoms with Gasteiger partial charge in [-0.3, -0.25) is 4.79 Å². The number of pyridine rings is 1. The lowest BCUT2D eigenvalue weighted by molar-refractivity contribution is 0.677. The van der Waals surface area contributed by atoms with Crippen molar-refractivity contribution < 1.29 is 0 Å². The first-order valence-electron chi connectivity index (χ1n) is 6.56. The molecule has 0 aliphatic carbocycles. The summed E-state index contributed by atoms with van der Waals surface area (Å²) in [4.78, 5) is 13.6. The van der Waals surface area contributed by atoms with E-state index in [4.69, 9.17) is 0 Å². The molecule has 94 valence electrons. The monoisotopic (exact) mass is 241 g/mol. The smallest absolute Gasteiger partial charge is 0.247 e. The highest BCUT2D eigenvalue weighted by Crippen LogP contribution is 2.08. The number of benzene rings is 1. The maximum Gasteiger partial charge on any atom is 0.247 e. The van der Waals surface area contributed by atoms with E-state index < -0.39 is 0 Å². The van der Waals surface area contributed by atoms with Crippen molar-refractivity contribution in [3.05, 3.63) is 70.1 Å². The van der Waals surface area contributed by atoms with Gasteiger partial charge in [-0.1, -0.05) is 42.8 Å². The molecule has 0 aliphatic heterocycles. The molecule has 0 bridgehead atoms. The lowest BCUT2D eigenvalue weighted by Gasteiger charge is -2.02. The maximum atomic E-state index is 10.9. The summed E-state index contributed by atoms with van der Waals surface area (Å²) in [6.07, 6.45) is 7.66. The van der Waals surface area contributed by atoms with E-state index in [2.05, 4.69) is 35.3 Å². The van der Waals surface area contributed by atoms with E-state index in [0.717, 1.165) is 12.8 Å². The van der Waals surface area contributed by atoms with Gasteiger partial charge in [0.25, 0.3) is 0 Å². The molecule has 2 aromatic rings. The molecule has 1 N–H and O–H groups in total. The van der Waals surface area contributed by atoms with Crippen LogP contribution in [0.5, 0.6) is 0 Å². The van der Waals surface area contributed by atoms with Crippen LogP contribution in [0, 0.1) is 0 Å². The standard InChI is InChI=1S/C16H19NO/c18-16-12-11-15(13-17-16)10-6-2-5-9-14-7-3-1-4-8-14/h1,3-4,7-8,11-13H,2,5-6,9-10H2,(H,17,18). The maximum absolute atomic E-state index is 10.9. The minimum atomic E-state index is -0.0252. The van der Waals surface area contributed by atoms with Crippen molar-refractivity contribution in [3.63, 3.8) is 0 Å². The Morgan fingerprint density at radius 1 is 0.778 bits per heavy atom. The molecule has 1 heterocycles. The Balaban J connectivity index is 1.64. The van der Waals surface area contributed by atoms with Crippen molar-refractivity contribution in [3.8, 4) is 0 Å². The fraction of sp³-hybridized carbons (Fsp3) is 0.312. The van der Waals surface area contributed by atoms with Crippen LogP contribution in [0.4, 0.5) is 0 Å². The Labute approximate surface area is 108 Å². The summed E-state index contributed by atoms with van der Waals surface area (Å²) < 4.78 is 0. The van der Waals surface area contributed by atoms with Gasteiger partial charge in [0.2, 0.25) is 5.56 Å². The summed E-state index contributed by atoms with van der Waals surface area (Å²) in [6, 6.07) is 14.1. The topological polar surface area (TPSA) is 32.9 Å². The number of aromatic nitrogens is 1. The molecule has 18 heavy (non-hydrogen) atoms. The van der Waals surface area contributed by atoms with Crippen LogP contribution in [0.25, 0.3) is 0 Å². The van der Waals surface area contributed by atoms with Gasteiger partial charge in [-0.05, 0) is 36.8 Å². The Kier molecular flexibility index (Phi) is 4.77. The molecular weight excluding hydrogens is 222 g/mol. The van der Waals surface area contributed by atoms with Crippen LogP contribution in [0.3, 0.4) is 0 Å². The summed E-state index contributed by atoms with van der Waals surface area (Å²) in [5.41, 5.74) is 2.61. The highest BCUT2D eigenvalue weighted by Gasteiger charge is 1.95. The molecule has 0 spiro atoms. The van der Waals surface area contributed by atoms with Crippen LogP contribution in [-0.4, -0.2) is 4.98 Å². The van der Waals surface area contributed by atoms with E-state index in [1.54, 1.807) is 6.07 Å². The quantitative estimate of drug-likeness (QED) is 0.773. The number of unbranched alkanes of at least 4 members (excludes halogenated alkanes) is 2. The third-order valence-electron chi connectivity index (χ3n) is 3.12.